The normalized spacial score (nSPS) is 11.5. The van der Waals surface area contributed by atoms with Crippen LogP contribution in [0.1, 0.15) is 59.3 Å². The van der Waals surface area contributed by atoms with Crippen molar-refractivity contribution in [3.63, 3.8) is 0 Å². The smallest absolute Gasteiger partial charge is 0.220 e. The van der Waals surface area contributed by atoms with Gasteiger partial charge >= 0.3 is 0 Å². The second-order valence-electron chi connectivity index (χ2n) is 5.19. The summed E-state index contributed by atoms with van der Waals surface area (Å²) < 4.78 is 0. The van der Waals surface area contributed by atoms with Gasteiger partial charge in [0.2, 0.25) is 5.91 Å². The Hall–Kier alpha value is -0.240. The number of nitrogens with one attached hydrogen (secondary N) is 1. The van der Waals surface area contributed by atoms with E-state index in [2.05, 4.69) is 26.1 Å². The fourth-order valence-electron chi connectivity index (χ4n) is 1.48. The maximum absolute atomic E-state index is 11.5. The maximum atomic E-state index is 11.5. The molecule has 0 saturated carbocycles. The van der Waals surface area contributed by atoms with Crippen LogP contribution in [0.3, 0.4) is 0 Å². The Kier molecular flexibility index (Phi) is 8.73. The van der Waals surface area contributed by atoms with Crippen molar-refractivity contribution < 1.29 is 4.79 Å². The van der Waals surface area contributed by atoms with Crippen molar-refractivity contribution in [2.45, 2.75) is 59.3 Å². The minimum Gasteiger partial charge on any atom is -0.356 e. The predicted octanol–water partition coefficient (Wildman–Crippen LogP) is 3.73. The summed E-state index contributed by atoms with van der Waals surface area (Å²) in [5.41, 5.74) is 0.112. The van der Waals surface area contributed by atoms with Crippen molar-refractivity contribution >= 4 is 17.5 Å². The minimum atomic E-state index is 0.112. The van der Waals surface area contributed by atoms with Crippen molar-refractivity contribution in [1.82, 2.24) is 5.32 Å². The molecular weight excluding hydrogens is 222 g/mol. The van der Waals surface area contributed by atoms with Gasteiger partial charge in [-0.25, -0.2) is 0 Å². The van der Waals surface area contributed by atoms with Crippen molar-refractivity contribution in [3.05, 3.63) is 0 Å². The summed E-state index contributed by atoms with van der Waals surface area (Å²) in [4.78, 5) is 11.5. The highest BCUT2D eigenvalue weighted by Crippen LogP contribution is 2.19. The van der Waals surface area contributed by atoms with E-state index in [1.165, 1.54) is 12.8 Å². The second kappa shape index (κ2) is 8.86. The molecule has 96 valence electrons. The molecule has 0 spiro atoms. The number of alkyl halides is 1. The molecule has 2 nitrogen and oxygen atoms in total. The zero-order valence-electron chi connectivity index (χ0n) is 10.9. The molecule has 0 atom stereocenters. The third-order valence-electron chi connectivity index (χ3n) is 2.79. The lowest BCUT2D eigenvalue weighted by molar-refractivity contribution is -0.121. The van der Waals surface area contributed by atoms with Crippen LogP contribution in [-0.2, 0) is 4.79 Å². The van der Waals surface area contributed by atoms with E-state index in [1.54, 1.807) is 0 Å². The topological polar surface area (TPSA) is 29.1 Å². The van der Waals surface area contributed by atoms with Crippen LogP contribution in [0.25, 0.3) is 0 Å². The third-order valence-corrected chi connectivity index (χ3v) is 2.98. The van der Waals surface area contributed by atoms with Gasteiger partial charge in [0.15, 0.2) is 0 Å². The molecule has 0 aliphatic rings. The van der Waals surface area contributed by atoms with Crippen LogP contribution < -0.4 is 5.32 Å². The van der Waals surface area contributed by atoms with E-state index < -0.39 is 0 Å². The van der Waals surface area contributed by atoms with Gasteiger partial charge in [-0.05, 0) is 18.3 Å². The van der Waals surface area contributed by atoms with E-state index >= 15 is 0 Å². The highest BCUT2D eigenvalue weighted by Gasteiger charge is 2.17. The highest BCUT2D eigenvalue weighted by atomic mass is 35.5. The van der Waals surface area contributed by atoms with Crippen LogP contribution in [0.15, 0.2) is 0 Å². The molecular formula is C13H26ClNO. The van der Waals surface area contributed by atoms with Crippen LogP contribution in [0, 0.1) is 5.41 Å². The van der Waals surface area contributed by atoms with Crippen molar-refractivity contribution in [1.29, 1.82) is 0 Å². The monoisotopic (exact) mass is 247 g/mol. The molecule has 0 rings (SSSR count). The van der Waals surface area contributed by atoms with E-state index in [9.17, 15) is 4.79 Å². The molecule has 0 fully saturated rings. The zero-order valence-corrected chi connectivity index (χ0v) is 11.7. The van der Waals surface area contributed by atoms with Gasteiger partial charge in [0.05, 0.1) is 0 Å². The van der Waals surface area contributed by atoms with Crippen LogP contribution >= 0.6 is 11.6 Å². The molecule has 0 bridgehead atoms. The predicted molar refractivity (Wildman–Crippen MR) is 70.9 cm³/mol. The molecule has 0 aliphatic carbocycles. The molecule has 3 heteroatoms. The number of rotatable bonds is 9. The van der Waals surface area contributed by atoms with E-state index in [0.717, 1.165) is 25.8 Å². The number of carbonyl (C=O) groups is 1. The van der Waals surface area contributed by atoms with Crippen molar-refractivity contribution in [2.75, 3.05) is 12.4 Å². The Morgan fingerprint density at radius 1 is 1.25 bits per heavy atom. The minimum absolute atomic E-state index is 0.112. The fourth-order valence-corrected chi connectivity index (χ4v) is 1.99. The molecule has 0 radical (unpaired) electrons. The Labute approximate surface area is 105 Å². The Bertz CT molecular complexity index is 192. The summed E-state index contributed by atoms with van der Waals surface area (Å²) in [5.74, 6) is 0.832. The van der Waals surface area contributed by atoms with Gasteiger partial charge in [-0.1, -0.05) is 40.0 Å². The fraction of sp³-hybridized carbons (Fsp3) is 0.923. The second-order valence-corrected chi connectivity index (χ2v) is 5.57. The third kappa shape index (κ3) is 9.02. The summed E-state index contributed by atoms with van der Waals surface area (Å²) in [5, 5.41) is 2.99. The standard InChI is InChI=1S/C13H26ClNO/c1-4-5-6-7-8-12(16)15-11-13(2,3)9-10-14/h4-11H2,1-3H3,(H,15,16). The lowest BCUT2D eigenvalue weighted by atomic mass is 9.90. The van der Waals surface area contributed by atoms with E-state index in [1.807, 2.05) is 0 Å². The molecule has 0 unspecified atom stereocenters. The summed E-state index contributed by atoms with van der Waals surface area (Å²) in [7, 11) is 0. The van der Waals surface area contributed by atoms with Gasteiger partial charge in [-0.3, -0.25) is 4.79 Å². The lowest BCUT2D eigenvalue weighted by Gasteiger charge is -2.23. The SMILES string of the molecule is CCCCCCC(=O)NCC(C)(C)CCCl. The largest absolute Gasteiger partial charge is 0.356 e. The van der Waals surface area contributed by atoms with Gasteiger partial charge in [0.1, 0.15) is 0 Å². The van der Waals surface area contributed by atoms with Gasteiger partial charge in [0, 0.05) is 18.8 Å². The number of hydrogen-bond acceptors (Lipinski definition) is 1. The van der Waals surface area contributed by atoms with Gasteiger partial charge < -0.3 is 5.32 Å². The maximum Gasteiger partial charge on any atom is 0.220 e. The Balaban J connectivity index is 3.56. The number of carbonyl (C=O) groups excluding carboxylic acids is 1. The Morgan fingerprint density at radius 2 is 1.94 bits per heavy atom. The van der Waals surface area contributed by atoms with E-state index in [0.29, 0.717) is 12.3 Å². The lowest BCUT2D eigenvalue weighted by Crippen LogP contribution is -2.34. The van der Waals surface area contributed by atoms with E-state index in [-0.39, 0.29) is 11.3 Å². The molecule has 1 amide bonds. The van der Waals surface area contributed by atoms with Gasteiger partial charge in [0.25, 0.3) is 0 Å². The number of hydrogen-bond donors (Lipinski definition) is 1. The first-order chi connectivity index (χ1) is 7.52. The molecule has 16 heavy (non-hydrogen) atoms. The summed E-state index contributed by atoms with van der Waals surface area (Å²) in [6.45, 7) is 7.17. The molecule has 1 N–H and O–H groups in total. The average molecular weight is 248 g/mol. The highest BCUT2D eigenvalue weighted by molar-refractivity contribution is 6.17. The number of amides is 1. The quantitative estimate of drug-likeness (QED) is 0.488. The first-order valence-electron chi connectivity index (χ1n) is 6.34. The molecule has 0 aromatic heterocycles. The van der Waals surface area contributed by atoms with Gasteiger partial charge in [-0.15, -0.1) is 11.6 Å². The zero-order chi connectivity index (χ0) is 12.4. The first-order valence-corrected chi connectivity index (χ1v) is 6.88. The van der Waals surface area contributed by atoms with Crippen molar-refractivity contribution in [3.8, 4) is 0 Å². The van der Waals surface area contributed by atoms with Crippen LogP contribution in [0.2, 0.25) is 0 Å². The van der Waals surface area contributed by atoms with Crippen LogP contribution in [0.4, 0.5) is 0 Å². The number of unbranched alkanes of at least 4 members (excludes halogenated alkanes) is 3. The summed E-state index contributed by atoms with van der Waals surface area (Å²) >= 11 is 5.71. The molecule has 0 aromatic rings. The molecule has 0 aliphatic heterocycles. The molecule has 0 aromatic carbocycles. The van der Waals surface area contributed by atoms with Crippen LogP contribution in [0.5, 0.6) is 0 Å². The first kappa shape index (κ1) is 15.8. The molecule has 0 heterocycles. The van der Waals surface area contributed by atoms with E-state index in [4.69, 9.17) is 11.6 Å². The average Bonchev–Trinajstić information content (AvgIpc) is 2.22. The summed E-state index contributed by atoms with van der Waals surface area (Å²) in [6.07, 6.45) is 6.21. The van der Waals surface area contributed by atoms with Crippen LogP contribution in [-0.4, -0.2) is 18.3 Å². The van der Waals surface area contributed by atoms with Crippen molar-refractivity contribution in [2.24, 2.45) is 5.41 Å². The summed E-state index contributed by atoms with van der Waals surface area (Å²) in [6, 6.07) is 0. The van der Waals surface area contributed by atoms with Gasteiger partial charge in [-0.2, -0.15) is 0 Å². The Morgan fingerprint density at radius 3 is 2.50 bits per heavy atom. The number of halogens is 1. The molecule has 0 saturated heterocycles.